The molecule has 29 heavy (non-hydrogen) atoms. The molecule has 0 radical (unpaired) electrons. The molecule has 0 amide bonds. The number of fused-ring (bicyclic) bond motifs is 2. The Balaban J connectivity index is 1.49. The molecule has 4 heterocycles. The van der Waals surface area contributed by atoms with Gasteiger partial charge in [-0.25, -0.2) is 18.4 Å². The van der Waals surface area contributed by atoms with Crippen LogP contribution in [0.4, 0.5) is 0 Å². The van der Waals surface area contributed by atoms with Gasteiger partial charge in [-0.3, -0.25) is 4.98 Å². The zero-order valence-electron chi connectivity index (χ0n) is 16.9. The van der Waals surface area contributed by atoms with E-state index in [0.29, 0.717) is 35.9 Å². The zero-order chi connectivity index (χ0) is 20.6. The topological polar surface area (TPSA) is 94.5 Å². The van der Waals surface area contributed by atoms with Crippen molar-refractivity contribution in [3.63, 3.8) is 0 Å². The van der Waals surface area contributed by atoms with Crippen LogP contribution in [-0.2, 0) is 10.0 Å². The average molecular weight is 419 g/mol. The molecule has 0 saturated carbocycles. The van der Waals surface area contributed by atoms with E-state index in [0.717, 1.165) is 18.5 Å². The van der Waals surface area contributed by atoms with Crippen LogP contribution in [0.2, 0.25) is 0 Å². The number of piperidine rings is 1. The van der Waals surface area contributed by atoms with E-state index in [-0.39, 0.29) is 23.9 Å². The lowest BCUT2D eigenvalue weighted by atomic mass is 10.0. The molecule has 2 aliphatic heterocycles. The zero-order valence-corrected chi connectivity index (χ0v) is 17.7. The van der Waals surface area contributed by atoms with Gasteiger partial charge >= 0.3 is 0 Å². The first-order chi connectivity index (χ1) is 13.9. The van der Waals surface area contributed by atoms with E-state index in [9.17, 15) is 8.42 Å². The number of ether oxygens (including phenoxy) is 2. The molecule has 2 saturated heterocycles. The third kappa shape index (κ3) is 3.93. The van der Waals surface area contributed by atoms with Crippen LogP contribution in [-0.4, -0.2) is 51.6 Å². The average Bonchev–Trinajstić information content (AvgIpc) is 2.99. The van der Waals surface area contributed by atoms with Gasteiger partial charge in [0.25, 0.3) is 0 Å². The van der Waals surface area contributed by atoms with Crippen molar-refractivity contribution in [2.45, 2.75) is 64.6 Å². The minimum atomic E-state index is -3.18. The molecule has 9 heteroatoms. The number of hydrogen-bond acceptors (Lipinski definition) is 7. The number of nitrogens with zero attached hydrogens (tertiary/aromatic N) is 4. The SMILES string of the molecule is CCS(=O)(=O)N1[C@H]2CC[C@H]1CC(Oc1ncnc(Oc3cccnc3C)c1C)C2. The number of pyridine rings is 1. The van der Waals surface area contributed by atoms with Crippen LogP contribution < -0.4 is 9.47 Å². The molecule has 2 atom stereocenters. The predicted molar refractivity (Wildman–Crippen MR) is 108 cm³/mol. The van der Waals surface area contributed by atoms with Crippen molar-refractivity contribution in [2.75, 3.05) is 5.75 Å². The molecule has 8 nitrogen and oxygen atoms in total. The van der Waals surface area contributed by atoms with Crippen LogP contribution in [0.25, 0.3) is 0 Å². The molecule has 0 unspecified atom stereocenters. The first kappa shape index (κ1) is 20.0. The molecule has 0 aromatic carbocycles. The van der Waals surface area contributed by atoms with Crippen LogP contribution in [0.5, 0.6) is 17.5 Å². The Bertz CT molecular complexity index is 984. The lowest BCUT2D eigenvalue weighted by Gasteiger charge is -2.37. The summed E-state index contributed by atoms with van der Waals surface area (Å²) in [5.74, 6) is 1.69. The molecule has 0 spiro atoms. The van der Waals surface area contributed by atoms with Gasteiger partial charge in [-0.05, 0) is 45.7 Å². The third-order valence-electron chi connectivity index (χ3n) is 5.74. The van der Waals surface area contributed by atoms with Crippen molar-refractivity contribution < 1.29 is 17.9 Å². The van der Waals surface area contributed by atoms with Gasteiger partial charge in [-0.2, -0.15) is 4.31 Å². The number of hydrogen-bond donors (Lipinski definition) is 0. The maximum absolute atomic E-state index is 12.4. The van der Waals surface area contributed by atoms with Gasteiger partial charge in [-0.1, -0.05) is 0 Å². The Morgan fingerprint density at radius 2 is 1.79 bits per heavy atom. The second kappa shape index (κ2) is 7.87. The molecular formula is C20H26N4O4S. The largest absolute Gasteiger partial charge is 0.474 e. The molecule has 4 rings (SSSR count). The maximum atomic E-state index is 12.4. The molecule has 156 valence electrons. The Morgan fingerprint density at radius 1 is 1.10 bits per heavy atom. The fourth-order valence-corrected chi connectivity index (χ4v) is 5.85. The summed E-state index contributed by atoms with van der Waals surface area (Å²) in [5, 5.41) is 0. The predicted octanol–water partition coefficient (Wildman–Crippen LogP) is 3.00. The summed E-state index contributed by atoms with van der Waals surface area (Å²) < 4.78 is 38.7. The van der Waals surface area contributed by atoms with Crippen molar-refractivity contribution in [1.29, 1.82) is 0 Å². The fourth-order valence-electron chi connectivity index (χ4n) is 4.26. The summed E-state index contributed by atoms with van der Waals surface area (Å²) in [7, 11) is -3.18. The van der Waals surface area contributed by atoms with Crippen molar-refractivity contribution >= 4 is 10.0 Å². The van der Waals surface area contributed by atoms with Gasteiger partial charge in [0.2, 0.25) is 21.8 Å². The van der Waals surface area contributed by atoms with Crippen molar-refractivity contribution in [2.24, 2.45) is 0 Å². The highest BCUT2D eigenvalue weighted by Crippen LogP contribution is 2.40. The maximum Gasteiger partial charge on any atom is 0.229 e. The van der Waals surface area contributed by atoms with E-state index in [2.05, 4.69) is 15.0 Å². The standard InChI is InChI=1S/C20H26N4O4S/c1-4-29(25,26)24-15-7-8-16(24)11-17(10-15)27-19-13(2)20(23-12-22-19)28-18-6-5-9-21-14(18)3/h5-6,9,12,15-17H,4,7-8,10-11H2,1-3H3/t15-,16-/m0/s1. The minimum Gasteiger partial charge on any atom is -0.474 e. The van der Waals surface area contributed by atoms with Crippen LogP contribution in [0.3, 0.4) is 0 Å². The lowest BCUT2D eigenvalue weighted by molar-refractivity contribution is 0.0908. The lowest BCUT2D eigenvalue weighted by Crippen LogP contribution is -2.49. The summed E-state index contributed by atoms with van der Waals surface area (Å²) in [6.45, 7) is 5.44. The Morgan fingerprint density at radius 3 is 2.45 bits per heavy atom. The molecule has 2 aromatic heterocycles. The Kier molecular flexibility index (Phi) is 5.44. The molecule has 0 aliphatic carbocycles. The Hall–Kier alpha value is -2.26. The first-order valence-corrected chi connectivity index (χ1v) is 11.6. The van der Waals surface area contributed by atoms with Crippen LogP contribution >= 0.6 is 0 Å². The highest BCUT2D eigenvalue weighted by molar-refractivity contribution is 7.89. The normalized spacial score (nSPS) is 24.4. The van der Waals surface area contributed by atoms with Crippen LogP contribution in [0, 0.1) is 13.8 Å². The van der Waals surface area contributed by atoms with E-state index in [4.69, 9.17) is 9.47 Å². The summed E-state index contributed by atoms with van der Waals surface area (Å²) in [4.78, 5) is 12.8. The van der Waals surface area contributed by atoms with E-state index in [1.807, 2.05) is 26.0 Å². The van der Waals surface area contributed by atoms with E-state index >= 15 is 0 Å². The van der Waals surface area contributed by atoms with Gasteiger partial charge in [0.15, 0.2) is 5.75 Å². The van der Waals surface area contributed by atoms with E-state index in [1.54, 1.807) is 17.4 Å². The van der Waals surface area contributed by atoms with Crippen LogP contribution in [0.15, 0.2) is 24.7 Å². The molecule has 2 bridgehead atoms. The van der Waals surface area contributed by atoms with Gasteiger partial charge in [0.05, 0.1) is 17.0 Å². The third-order valence-corrected chi connectivity index (χ3v) is 7.71. The second-order valence-electron chi connectivity index (χ2n) is 7.62. The van der Waals surface area contributed by atoms with Gasteiger partial charge in [0.1, 0.15) is 12.4 Å². The van der Waals surface area contributed by atoms with E-state index < -0.39 is 10.0 Å². The van der Waals surface area contributed by atoms with Crippen molar-refractivity contribution in [3.05, 3.63) is 35.9 Å². The van der Waals surface area contributed by atoms with E-state index in [1.165, 1.54) is 6.33 Å². The molecule has 0 N–H and O–H groups in total. The number of rotatable bonds is 6. The summed E-state index contributed by atoms with van der Waals surface area (Å²) in [6.07, 6.45) is 6.20. The highest BCUT2D eigenvalue weighted by Gasteiger charge is 2.46. The molecule has 2 fully saturated rings. The number of aryl methyl sites for hydroxylation is 1. The quantitative estimate of drug-likeness (QED) is 0.712. The summed E-state index contributed by atoms with van der Waals surface area (Å²) in [6, 6.07) is 3.68. The van der Waals surface area contributed by atoms with Gasteiger partial charge in [0, 0.05) is 31.1 Å². The molecule has 2 aromatic rings. The summed E-state index contributed by atoms with van der Waals surface area (Å²) >= 11 is 0. The van der Waals surface area contributed by atoms with Gasteiger partial charge < -0.3 is 9.47 Å². The fraction of sp³-hybridized carbons (Fsp3) is 0.550. The summed E-state index contributed by atoms with van der Waals surface area (Å²) in [5.41, 5.74) is 1.49. The van der Waals surface area contributed by atoms with Crippen molar-refractivity contribution in [1.82, 2.24) is 19.3 Å². The van der Waals surface area contributed by atoms with Crippen molar-refractivity contribution in [3.8, 4) is 17.5 Å². The second-order valence-corrected chi connectivity index (χ2v) is 9.79. The number of sulfonamides is 1. The van der Waals surface area contributed by atoms with Crippen LogP contribution in [0.1, 0.15) is 43.9 Å². The monoisotopic (exact) mass is 418 g/mol. The number of aromatic nitrogens is 3. The smallest absolute Gasteiger partial charge is 0.229 e. The van der Waals surface area contributed by atoms with Gasteiger partial charge in [-0.15, -0.1) is 0 Å². The molecular weight excluding hydrogens is 392 g/mol. The minimum absolute atomic E-state index is 0.0135. The molecule has 2 aliphatic rings. The first-order valence-electron chi connectivity index (χ1n) is 9.98. The Labute approximate surface area is 171 Å². The highest BCUT2D eigenvalue weighted by atomic mass is 32.2.